The summed E-state index contributed by atoms with van der Waals surface area (Å²) in [6.45, 7) is 1.87. The zero-order valence-corrected chi connectivity index (χ0v) is 13.0. The van der Waals surface area contributed by atoms with Gasteiger partial charge < -0.3 is 9.15 Å². The van der Waals surface area contributed by atoms with Crippen LogP contribution in [0.1, 0.15) is 38.8 Å². The second-order valence-corrected chi connectivity index (χ2v) is 6.74. The Hall–Kier alpha value is -2.14. The van der Waals surface area contributed by atoms with E-state index in [1.165, 1.54) is 29.7 Å². The minimum absolute atomic E-state index is 0.359. The van der Waals surface area contributed by atoms with Gasteiger partial charge >= 0.3 is 5.97 Å². The molecular formula is C17H15NO3S. The third-order valence-corrected chi connectivity index (χ3v) is 4.85. The van der Waals surface area contributed by atoms with Crippen molar-refractivity contribution in [3.63, 3.8) is 0 Å². The Balaban J connectivity index is 1.66. The first-order chi connectivity index (χ1) is 10.7. The van der Waals surface area contributed by atoms with Gasteiger partial charge in [-0.25, -0.2) is 9.78 Å². The lowest BCUT2D eigenvalue weighted by molar-refractivity contribution is 0.0740. The number of ether oxygens (including phenoxy) is 1. The van der Waals surface area contributed by atoms with E-state index in [2.05, 4.69) is 4.98 Å². The number of aromatic nitrogens is 1. The summed E-state index contributed by atoms with van der Waals surface area (Å²) in [5, 5.41) is 1.92. The molecule has 22 heavy (non-hydrogen) atoms. The van der Waals surface area contributed by atoms with Crippen LogP contribution in [0.25, 0.3) is 11.0 Å². The molecule has 0 aliphatic heterocycles. The molecule has 3 aromatic rings. The summed E-state index contributed by atoms with van der Waals surface area (Å²) in [5.41, 5.74) is 2.15. The Morgan fingerprint density at radius 3 is 3.00 bits per heavy atom. The fraction of sp³-hybridized carbons (Fsp3) is 0.294. The van der Waals surface area contributed by atoms with Gasteiger partial charge in [0.05, 0.1) is 11.2 Å². The molecule has 0 saturated heterocycles. The molecule has 5 heteroatoms. The van der Waals surface area contributed by atoms with Crippen LogP contribution in [0.3, 0.4) is 0 Å². The SMILES string of the molecule is Cc1ncc(C(=O)Oc2ccc3oc4c(c3c2)CCCC4)s1. The minimum Gasteiger partial charge on any atom is -0.461 e. The smallest absolute Gasteiger partial charge is 0.355 e. The molecule has 0 N–H and O–H groups in total. The van der Waals surface area contributed by atoms with Gasteiger partial charge in [0.15, 0.2) is 0 Å². The highest BCUT2D eigenvalue weighted by molar-refractivity contribution is 7.13. The van der Waals surface area contributed by atoms with Gasteiger partial charge in [-0.05, 0) is 44.4 Å². The molecule has 0 spiro atoms. The molecular weight excluding hydrogens is 298 g/mol. The number of nitrogens with zero attached hydrogens (tertiary/aromatic N) is 1. The maximum atomic E-state index is 12.1. The third kappa shape index (κ3) is 2.31. The predicted molar refractivity (Wildman–Crippen MR) is 84.7 cm³/mol. The van der Waals surface area contributed by atoms with Crippen molar-refractivity contribution in [1.82, 2.24) is 4.98 Å². The molecule has 0 saturated carbocycles. The number of rotatable bonds is 2. The summed E-state index contributed by atoms with van der Waals surface area (Å²) < 4.78 is 11.4. The molecule has 4 rings (SSSR count). The Kier molecular flexibility index (Phi) is 3.22. The van der Waals surface area contributed by atoms with E-state index in [4.69, 9.17) is 9.15 Å². The van der Waals surface area contributed by atoms with E-state index < -0.39 is 0 Å². The maximum absolute atomic E-state index is 12.1. The number of thiazole rings is 1. The van der Waals surface area contributed by atoms with E-state index in [9.17, 15) is 4.79 Å². The van der Waals surface area contributed by atoms with Crippen LogP contribution in [-0.4, -0.2) is 11.0 Å². The average molecular weight is 313 g/mol. The Morgan fingerprint density at radius 1 is 1.32 bits per heavy atom. The van der Waals surface area contributed by atoms with E-state index in [0.717, 1.165) is 34.6 Å². The molecule has 1 aromatic carbocycles. The van der Waals surface area contributed by atoms with Crippen molar-refractivity contribution in [2.75, 3.05) is 0 Å². The molecule has 0 fully saturated rings. The molecule has 4 nitrogen and oxygen atoms in total. The van der Waals surface area contributed by atoms with Gasteiger partial charge in [-0.1, -0.05) is 0 Å². The monoisotopic (exact) mass is 313 g/mol. The third-order valence-electron chi connectivity index (χ3n) is 3.96. The van der Waals surface area contributed by atoms with Crippen molar-refractivity contribution in [3.8, 4) is 5.75 Å². The number of hydrogen-bond donors (Lipinski definition) is 0. The number of benzene rings is 1. The number of aryl methyl sites for hydroxylation is 3. The Labute approximate surface area is 131 Å². The number of carbonyl (C=O) groups is 1. The van der Waals surface area contributed by atoms with Crippen LogP contribution in [0.15, 0.2) is 28.8 Å². The zero-order chi connectivity index (χ0) is 15.1. The van der Waals surface area contributed by atoms with Crippen molar-refractivity contribution >= 4 is 28.3 Å². The first-order valence-electron chi connectivity index (χ1n) is 7.39. The molecule has 1 aliphatic rings. The van der Waals surface area contributed by atoms with E-state index >= 15 is 0 Å². The van der Waals surface area contributed by atoms with Gasteiger partial charge in [0, 0.05) is 17.4 Å². The topological polar surface area (TPSA) is 52.3 Å². The summed E-state index contributed by atoms with van der Waals surface area (Å²) in [6.07, 6.45) is 5.96. The molecule has 0 bridgehead atoms. The van der Waals surface area contributed by atoms with Gasteiger partial charge in [-0.15, -0.1) is 11.3 Å². The van der Waals surface area contributed by atoms with E-state index in [-0.39, 0.29) is 5.97 Å². The van der Waals surface area contributed by atoms with E-state index in [1.807, 2.05) is 19.1 Å². The summed E-state index contributed by atoms with van der Waals surface area (Å²) in [5.74, 6) is 1.28. The molecule has 0 amide bonds. The van der Waals surface area contributed by atoms with Crippen LogP contribution in [-0.2, 0) is 12.8 Å². The highest BCUT2D eigenvalue weighted by Crippen LogP contribution is 2.34. The lowest BCUT2D eigenvalue weighted by atomic mass is 9.96. The molecule has 112 valence electrons. The van der Waals surface area contributed by atoms with Crippen molar-refractivity contribution in [3.05, 3.63) is 45.6 Å². The molecule has 0 atom stereocenters. The largest absolute Gasteiger partial charge is 0.461 e. The van der Waals surface area contributed by atoms with Gasteiger partial charge in [-0.3, -0.25) is 0 Å². The van der Waals surface area contributed by atoms with Crippen LogP contribution in [0.2, 0.25) is 0 Å². The molecule has 2 aromatic heterocycles. The van der Waals surface area contributed by atoms with Crippen LogP contribution in [0.4, 0.5) is 0 Å². The molecule has 2 heterocycles. The Bertz CT molecular complexity index is 862. The normalized spacial score (nSPS) is 14.0. The number of fused-ring (bicyclic) bond motifs is 3. The summed E-state index contributed by atoms with van der Waals surface area (Å²) in [6, 6.07) is 5.58. The fourth-order valence-corrected chi connectivity index (χ4v) is 3.57. The second kappa shape index (κ2) is 5.25. The van der Waals surface area contributed by atoms with Crippen molar-refractivity contribution in [1.29, 1.82) is 0 Å². The fourth-order valence-electron chi connectivity index (χ4n) is 2.92. The number of furan rings is 1. The van der Waals surface area contributed by atoms with Gasteiger partial charge in [0.1, 0.15) is 22.0 Å². The van der Waals surface area contributed by atoms with E-state index in [1.54, 1.807) is 12.3 Å². The van der Waals surface area contributed by atoms with Crippen molar-refractivity contribution in [2.45, 2.75) is 32.6 Å². The average Bonchev–Trinajstić information content (AvgIpc) is 3.11. The van der Waals surface area contributed by atoms with Crippen LogP contribution >= 0.6 is 11.3 Å². The van der Waals surface area contributed by atoms with Crippen molar-refractivity contribution in [2.24, 2.45) is 0 Å². The van der Waals surface area contributed by atoms with Crippen LogP contribution < -0.4 is 4.74 Å². The van der Waals surface area contributed by atoms with Gasteiger partial charge in [-0.2, -0.15) is 0 Å². The lowest BCUT2D eigenvalue weighted by Gasteiger charge is -2.08. The second-order valence-electron chi connectivity index (χ2n) is 5.50. The first-order valence-corrected chi connectivity index (χ1v) is 8.21. The maximum Gasteiger partial charge on any atom is 0.355 e. The van der Waals surface area contributed by atoms with E-state index in [0.29, 0.717) is 10.6 Å². The summed E-state index contributed by atoms with van der Waals surface area (Å²) in [4.78, 5) is 16.7. The van der Waals surface area contributed by atoms with Gasteiger partial charge in [0.25, 0.3) is 0 Å². The highest BCUT2D eigenvalue weighted by Gasteiger charge is 2.19. The number of hydrogen-bond acceptors (Lipinski definition) is 5. The Morgan fingerprint density at radius 2 is 2.18 bits per heavy atom. The molecule has 0 unspecified atom stereocenters. The summed E-state index contributed by atoms with van der Waals surface area (Å²) in [7, 11) is 0. The number of esters is 1. The molecule has 1 aliphatic carbocycles. The zero-order valence-electron chi connectivity index (χ0n) is 12.2. The standard InChI is InChI=1S/C17H15NO3S/c1-10-18-9-16(22-10)17(19)20-11-6-7-15-13(8-11)12-4-2-3-5-14(12)21-15/h6-9H,2-5H2,1H3. The lowest BCUT2D eigenvalue weighted by Crippen LogP contribution is -2.06. The predicted octanol–water partition coefficient (Wildman–Crippen LogP) is 4.30. The van der Waals surface area contributed by atoms with Crippen molar-refractivity contribution < 1.29 is 13.9 Å². The van der Waals surface area contributed by atoms with Crippen LogP contribution in [0.5, 0.6) is 5.75 Å². The van der Waals surface area contributed by atoms with Gasteiger partial charge in [0.2, 0.25) is 0 Å². The quantitative estimate of drug-likeness (QED) is 0.523. The first kappa shape index (κ1) is 13.5. The van der Waals surface area contributed by atoms with Crippen LogP contribution in [0, 0.1) is 6.92 Å². The number of carbonyl (C=O) groups excluding carboxylic acids is 1. The summed E-state index contributed by atoms with van der Waals surface area (Å²) >= 11 is 1.34. The minimum atomic E-state index is -0.359. The highest BCUT2D eigenvalue weighted by atomic mass is 32.1. The molecule has 0 radical (unpaired) electrons.